The lowest BCUT2D eigenvalue weighted by molar-refractivity contribution is -0.135. The zero-order valence-electron chi connectivity index (χ0n) is 25.7. The summed E-state index contributed by atoms with van der Waals surface area (Å²) in [5, 5.41) is 11.2. The fourth-order valence-corrected chi connectivity index (χ4v) is 5.60. The molecule has 1 aromatic carbocycles. The average Bonchev–Trinajstić information content (AvgIpc) is 2.91. The second-order valence-electron chi connectivity index (χ2n) is 11.9. The standard InChI is InChI=1S/C34H51NO5/c1-9-10-11-23(4)33(40-34(35)38)27(8)32(37)25(6)19-21(2)18-24(5)26(7)22(3)12-13-28-14-15-29-16-17-31(36)39-30(29)20-28/h10-15,18,20,22-27,32-33,37H,9,16-17,19H2,1-8H3,(H2,35,38)/b11-10-,13-12-,21-18-/t22?,23?,24-,25-,26-,27-,32+,33-/m0/s1. The van der Waals surface area contributed by atoms with Crippen LogP contribution >= 0.6 is 0 Å². The van der Waals surface area contributed by atoms with Crippen LogP contribution in [0.1, 0.15) is 85.8 Å². The number of hydrogen-bond donors (Lipinski definition) is 2. The predicted octanol–water partition coefficient (Wildman–Crippen LogP) is 7.50. The van der Waals surface area contributed by atoms with E-state index in [1.807, 2.05) is 45.1 Å². The summed E-state index contributed by atoms with van der Waals surface area (Å²) in [4.78, 5) is 23.2. The zero-order chi connectivity index (χ0) is 30.0. The molecule has 2 unspecified atom stereocenters. The van der Waals surface area contributed by atoms with Crippen molar-refractivity contribution in [2.45, 2.75) is 93.3 Å². The Morgan fingerprint density at radius 1 is 1.05 bits per heavy atom. The molecule has 0 spiro atoms. The van der Waals surface area contributed by atoms with Crippen molar-refractivity contribution in [3.8, 4) is 5.75 Å². The molecule has 6 heteroatoms. The van der Waals surface area contributed by atoms with Gasteiger partial charge in [-0.15, -0.1) is 0 Å². The Labute approximate surface area is 241 Å². The first-order valence-corrected chi connectivity index (χ1v) is 14.8. The molecule has 2 rings (SSSR count). The highest BCUT2D eigenvalue weighted by molar-refractivity contribution is 5.75. The molecule has 1 heterocycles. The minimum absolute atomic E-state index is 0.00878. The number of aryl methyl sites for hydroxylation is 1. The Bertz CT molecular complexity index is 1070. The summed E-state index contributed by atoms with van der Waals surface area (Å²) in [6.45, 7) is 16.8. The normalized spacial score (nSPS) is 20.2. The third-order valence-corrected chi connectivity index (χ3v) is 8.44. The van der Waals surface area contributed by atoms with Gasteiger partial charge in [-0.05, 0) is 67.1 Å². The van der Waals surface area contributed by atoms with Crippen LogP contribution < -0.4 is 10.5 Å². The van der Waals surface area contributed by atoms with Gasteiger partial charge in [-0.2, -0.15) is 0 Å². The fourth-order valence-electron chi connectivity index (χ4n) is 5.60. The molecule has 1 aromatic rings. The number of allylic oxidation sites excluding steroid dienone is 4. The molecule has 1 aliphatic heterocycles. The van der Waals surface area contributed by atoms with Gasteiger partial charge in [0.15, 0.2) is 0 Å². The molecule has 0 aliphatic carbocycles. The number of hydrogen-bond acceptors (Lipinski definition) is 5. The van der Waals surface area contributed by atoms with Gasteiger partial charge in [0.25, 0.3) is 0 Å². The van der Waals surface area contributed by atoms with Crippen LogP contribution in [0.3, 0.4) is 0 Å². The highest BCUT2D eigenvalue weighted by Gasteiger charge is 2.33. The summed E-state index contributed by atoms with van der Waals surface area (Å²) in [6.07, 6.45) is 11.6. The molecular weight excluding hydrogens is 502 g/mol. The second-order valence-corrected chi connectivity index (χ2v) is 11.9. The Hall–Kier alpha value is -2.86. The van der Waals surface area contributed by atoms with E-state index < -0.39 is 18.3 Å². The third kappa shape index (κ3) is 9.96. The summed E-state index contributed by atoms with van der Waals surface area (Å²) < 4.78 is 10.8. The molecule has 1 amide bonds. The van der Waals surface area contributed by atoms with Crippen LogP contribution in [0.15, 0.2) is 48.1 Å². The van der Waals surface area contributed by atoms with Crippen LogP contribution in [0.4, 0.5) is 4.79 Å². The Morgan fingerprint density at radius 2 is 1.75 bits per heavy atom. The van der Waals surface area contributed by atoms with Crippen LogP contribution in [0, 0.1) is 35.5 Å². The molecule has 0 saturated carbocycles. The average molecular weight is 554 g/mol. The minimum Gasteiger partial charge on any atom is -0.445 e. The monoisotopic (exact) mass is 553 g/mol. The number of ether oxygens (including phenoxy) is 2. The molecule has 8 atom stereocenters. The van der Waals surface area contributed by atoms with Gasteiger partial charge < -0.3 is 20.3 Å². The summed E-state index contributed by atoms with van der Waals surface area (Å²) in [5.74, 6) is 1.27. The molecule has 6 nitrogen and oxygen atoms in total. The number of rotatable bonds is 14. The highest BCUT2D eigenvalue weighted by atomic mass is 16.6. The minimum atomic E-state index is -0.814. The van der Waals surface area contributed by atoms with Gasteiger partial charge in [-0.1, -0.05) is 96.6 Å². The van der Waals surface area contributed by atoms with Crippen molar-refractivity contribution >= 4 is 18.1 Å². The Morgan fingerprint density at radius 3 is 2.40 bits per heavy atom. The van der Waals surface area contributed by atoms with Gasteiger partial charge in [0.1, 0.15) is 11.9 Å². The highest BCUT2D eigenvalue weighted by Crippen LogP contribution is 2.31. The number of esters is 1. The SMILES string of the molecule is CC/C=C\C(C)[C@H](OC(N)=O)[C@@H](C)[C@H](O)[C@@H](C)C/C(C)=C\[C@H](C)[C@@H](C)C(C)/C=C\c1ccc2c(c1)OC(=O)CC2. The van der Waals surface area contributed by atoms with Crippen LogP contribution in [-0.2, 0) is 16.0 Å². The van der Waals surface area contributed by atoms with E-state index in [0.29, 0.717) is 29.9 Å². The molecule has 0 radical (unpaired) electrons. The second kappa shape index (κ2) is 15.8. The number of aliphatic hydroxyl groups excluding tert-OH is 1. The van der Waals surface area contributed by atoms with Crippen molar-refractivity contribution in [3.05, 3.63) is 59.2 Å². The number of primary amides is 1. The van der Waals surface area contributed by atoms with Crippen LogP contribution in [0.25, 0.3) is 6.08 Å². The molecule has 0 fully saturated rings. The molecule has 3 N–H and O–H groups in total. The molecule has 1 aliphatic rings. The lowest BCUT2D eigenvalue weighted by atomic mass is 9.80. The van der Waals surface area contributed by atoms with Crippen LogP contribution in [0.5, 0.6) is 5.75 Å². The summed E-state index contributed by atoms with van der Waals surface area (Å²) in [5.41, 5.74) is 8.70. The lowest BCUT2D eigenvalue weighted by Crippen LogP contribution is -2.41. The maximum Gasteiger partial charge on any atom is 0.404 e. The molecule has 40 heavy (non-hydrogen) atoms. The van der Waals surface area contributed by atoms with Gasteiger partial charge in [-0.25, -0.2) is 4.79 Å². The topological polar surface area (TPSA) is 98.8 Å². The summed E-state index contributed by atoms with van der Waals surface area (Å²) >= 11 is 0. The van der Waals surface area contributed by atoms with Gasteiger partial charge in [-0.3, -0.25) is 4.79 Å². The lowest BCUT2D eigenvalue weighted by Gasteiger charge is -2.33. The number of nitrogens with two attached hydrogens (primary N) is 1. The molecular formula is C34H51NO5. The number of fused-ring (bicyclic) bond motifs is 1. The fraction of sp³-hybridized carbons (Fsp3) is 0.588. The van der Waals surface area contributed by atoms with Crippen LogP contribution in [-0.4, -0.2) is 29.4 Å². The number of carbonyl (C=O) groups is 2. The molecule has 0 bridgehead atoms. The van der Waals surface area contributed by atoms with Gasteiger partial charge in [0.05, 0.1) is 12.5 Å². The molecule has 0 aromatic heterocycles. The maximum absolute atomic E-state index is 11.6. The van der Waals surface area contributed by atoms with Gasteiger partial charge in [0, 0.05) is 11.8 Å². The van der Waals surface area contributed by atoms with Gasteiger partial charge in [0.2, 0.25) is 0 Å². The van der Waals surface area contributed by atoms with E-state index in [9.17, 15) is 14.7 Å². The first kappa shape index (κ1) is 33.3. The molecule has 0 saturated heterocycles. The van der Waals surface area contributed by atoms with Crippen molar-refractivity contribution in [2.75, 3.05) is 0 Å². The smallest absolute Gasteiger partial charge is 0.404 e. The van der Waals surface area contributed by atoms with Crippen molar-refractivity contribution in [3.63, 3.8) is 0 Å². The summed E-state index contributed by atoms with van der Waals surface area (Å²) in [7, 11) is 0. The Kier molecular flexibility index (Phi) is 13.2. The van der Waals surface area contributed by atoms with E-state index in [1.165, 1.54) is 5.57 Å². The summed E-state index contributed by atoms with van der Waals surface area (Å²) in [6, 6.07) is 6.07. The largest absolute Gasteiger partial charge is 0.445 e. The zero-order valence-corrected chi connectivity index (χ0v) is 25.7. The van der Waals surface area contributed by atoms with Crippen molar-refractivity contribution in [1.29, 1.82) is 0 Å². The quantitative estimate of drug-likeness (QED) is 0.141. The maximum atomic E-state index is 11.6. The number of benzene rings is 1. The van der Waals surface area contributed by atoms with E-state index in [4.69, 9.17) is 15.2 Å². The van der Waals surface area contributed by atoms with Crippen molar-refractivity contribution in [2.24, 2.45) is 41.2 Å². The van der Waals surface area contributed by atoms with E-state index >= 15 is 0 Å². The molecule has 222 valence electrons. The first-order valence-electron chi connectivity index (χ1n) is 14.8. The number of carbonyl (C=O) groups excluding carboxylic acids is 2. The van der Waals surface area contributed by atoms with E-state index in [1.54, 1.807) is 0 Å². The first-order chi connectivity index (χ1) is 18.8. The van der Waals surface area contributed by atoms with Gasteiger partial charge >= 0.3 is 12.1 Å². The van der Waals surface area contributed by atoms with Crippen molar-refractivity contribution in [1.82, 2.24) is 0 Å². The van der Waals surface area contributed by atoms with E-state index in [0.717, 1.165) is 30.4 Å². The van der Waals surface area contributed by atoms with E-state index in [2.05, 4.69) is 58.9 Å². The van der Waals surface area contributed by atoms with Crippen LogP contribution in [0.2, 0.25) is 0 Å². The predicted molar refractivity (Wildman–Crippen MR) is 163 cm³/mol. The number of aliphatic hydroxyl groups is 1. The van der Waals surface area contributed by atoms with E-state index in [-0.39, 0.29) is 23.7 Å². The van der Waals surface area contributed by atoms with Crippen molar-refractivity contribution < 1.29 is 24.2 Å². The Balaban J connectivity index is 1.99. The number of amides is 1. The third-order valence-electron chi connectivity index (χ3n) is 8.44.